The zero-order valence-corrected chi connectivity index (χ0v) is 18.6. The van der Waals surface area contributed by atoms with Gasteiger partial charge in [0.2, 0.25) is 0 Å². The van der Waals surface area contributed by atoms with Gasteiger partial charge in [-0.2, -0.15) is 5.90 Å². The summed E-state index contributed by atoms with van der Waals surface area (Å²) in [5.41, 5.74) is 18.5. The molecule has 0 saturated carbocycles. The zero-order chi connectivity index (χ0) is 28.5. The molecule has 0 heterocycles. The minimum absolute atomic E-state index is 0.246. The summed E-state index contributed by atoms with van der Waals surface area (Å²) in [6.07, 6.45) is -6.40. The Labute approximate surface area is 201 Å². The average Bonchev–Trinajstić information content (AvgIpc) is 2.74. The van der Waals surface area contributed by atoms with Crippen LogP contribution in [-0.2, 0) is 38.3 Å². The first kappa shape index (κ1) is 31.9. The maximum Gasteiger partial charge on any atom is 0.360 e. The Morgan fingerprint density at radius 3 is 1.83 bits per heavy atom. The van der Waals surface area contributed by atoms with Crippen LogP contribution in [-0.4, -0.2) is 91.7 Å². The summed E-state index contributed by atoms with van der Waals surface area (Å²) in [4.78, 5) is 78.1. The van der Waals surface area contributed by atoms with Gasteiger partial charge in [-0.15, -0.1) is 0 Å². The molecule has 0 radical (unpaired) electrons. The van der Waals surface area contributed by atoms with Crippen molar-refractivity contribution in [2.75, 3.05) is 6.54 Å². The van der Waals surface area contributed by atoms with E-state index in [4.69, 9.17) is 33.8 Å². The van der Waals surface area contributed by atoms with Gasteiger partial charge in [0.05, 0.1) is 12.8 Å². The molecule has 0 amide bonds. The van der Waals surface area contributed by atoms with Gasteiger partial charge in [0, 0.05) is 6.54 Å². The molecule has 0 aliphatic rings. The summed E-state index contributed by atoms with van der Waals surface area (Å²) in [5.74, 6) is -7.04. The molecule has 0 saturated heterocycles. The monoisotopic (exact) mass is 524 g/mol. The van der Waals surface area contributed by atoms with Gasteiger partial charge in [0.1, 0.15) is 5.54 Å². The molecule has 204 valence electrons. The molecule has 0 aromatic heterocycles. The Morgan fingerprint density at radius 2 is 1.44 bits per heavy atom. The Bertz CT molecular complexity index is 925. The number of carboxylic acids is 4. The van der Waals surface area contributed by atoms with Crippen LogP contribution in [0.1, 0.15) is 25.7 Å². The van der Waals surface area contributed by atoms with Crippen LogP contribution in [0.3, 0.4) is 0 Å². The van der Waals surface area contributed by atoms with Gasteiger partial charge in [0.15, 0.2) is 17.2 Å². The first-order valence-electron chi connectivity index (χ1n) is 9.58. The van der Waals surface area contributed by atoms with Crippen LogP contribution in [0.25, 0.3) is 0 Å². The third-order valence-corrected chi connectivity index (χ3v) is 4.77. The number of aliphatic carboxylic acids is 4. The lowest BCUT2D eigenvalue weighted by Crippen LogP contribution is -2.75. The van der Waals surface area contributed by atoms with Crippen LogP contribution >= 0.6 is 0 Å². The van der Waals surface area contributed by atoms with Gasteiger partial charge in [-0.05, 0) is 12.8 Å². The van der Waals surface area contributed by atoms with E-state index in [1.54, 1.807) is 5.32 Å². The Morgan fingerprint density at radius 1 is 0.889 bits per heavy atom. The van der Waals surface area contributed by atoms with E-state index in [1.807, 2.05) is 0 Å². The number of ether oxygens (including phenoxy) is 1. The van der Waals surface area contributed by atoms with Crippen molar-refractivity contribution in [3.63, 3.8) is 0 Å². The number of hydrogen-bond donors (Lipinski definition) is 11. The van der Waals surface area contributed by atoms with Crippen LogP contribution in [0.15, 0.2) is 4.99 Å². The number of esters is 1. The van der Waals surface area contributed by atoms with Crippen molar-refractivity contribution in [2.24, 2.45) is 39.6 Å². The van der Waals surface area contributed by atoms with E-state index in [-0.39, 0.29) is 18.9 Å². The summed E-state index contributed by atoms with van der Waals surface area (Å²) in [7, 11) is 0. The Kier molecular flexibility index (Phi) is 11.1. The van der Waals surface area contributed by atoms with Crippen molar-refractivity contribution >= 4 is 41.8 Å². The third kappa shape index (κ3) is 7.99. The number of guanidine groups is 1. The average molecular weight is 524 g/mol. The first-order chi connectivity index (χ1) is 16.4. The number of carboxylic acid groups (broad SMARTS) is 4. The van der Waals surface area contributed by atoms with Gasteiger partial charge in [-0.1, -0.05) is 0 Å². The molecule has 0 aromatic carbocycles. The van der Waals surface area contributed by atoms with Gasteiger partial charge >= 0.3 is 35.8 Å². The molecular formula is C16H28N8O12. The number of nitrogens with one attached hydrogen (secondary N) is 1. The minimum atomic E-state index is -3.08. The zero-order valence-electron chi connectivity index (χ0n) is 18.6. The summed E-state index contributed by atoms with van der Waals surface area (Å²) < 4.78 is 4.67. The molecule has 0 spiro atoms. The number of carbonyl (C=O) groups excluding carboxylic acids is 2. The normalized spacial score (nSPS) is 16.7. The number of nitrogens with two attached hydrogens (primary N) is 6. The molecule has 0 aromatic rings. The van der Waals surface area contributed by atoms with Gasteiger partial charge in [-0.25, -0.2) is 19.7 Å². The lowest BCUT2D eigenvalue weighted by molar-refractivity contribution is -0.179. The lowest BCUT2D eigenvalue weighted by Gasteiger charge is -2.40. The number of rotatable bonds is 16. The summed E-state index contributed by atoms with van der Waals surface area (Å²) >= 11 is 0. The first-order valence-corrected chi connectivity index (χ1v) is 9.58. The van der Waals surface area contributed by atoms with E-state index in [0.29, 0.717) is 0 Å². The summed E-state index contributed by atoms with van der Waals surface area (Å²) in [6, 6.07) is 0. The quantitative estimate of drug-likeness (QED) is 0.0223. The van der Waals surface area contributed by atoms with Gasteiger partial charge in [-0.3, -0.25) is 19.4 Å². The molecule has 20 nitrogen and oxygen atoms in total. The molecule has 17 N–H and O–H groups in total. The molecule has 0 aliphatic heterocycles. The maximum atomic E-state index is 13.0. The molecule has 0 fully saturated rings. The standard InChI is InChI=1S/C16H28N8O12/c17-13(18)23-3-1-2-14(19,15(20,10(30)31)4-6(25)26)12(34)35-8(9(28)29)24-16(21,11(32)33)5-7(27)36-22/h8,24H,1-5,19-22H2,(H,25,26)(H,28,29)(H,30,31)(H,32,33)(H4,17,18,23). The lowest BCUT2D eigenvalue weighted by atomic mass is 9.72. The second kappa shape index (κ2) is 12.6. The van der Waals surface area contributed by atoms with Crippen molar-refractivity contribution in [1.82, 2.24) is 5.32 Å². The Balaban J connectivity index is 6.37. The highest BCUT2D eigenvalue weighted by atomic mass is 16.7. The number of aliphatic imine (C=N–C) groups is 1. The van der Waals surface area contributed by atoms with E-state index in [2.05, 4.69) is 20.5 Å². The van der Waals surface area contributed by atoms with Crippen LogP contribution in [0.2, 0.25) is 0 Å². The molecule has 0 rings (SSSR count). The topological polar surface area (TPSA) is 382 Å². The van der Waals surface area contributed by atoms with Crippen LogP contribution in [0, 0.1) is 0 Å². The molecule has 36 heavy (non-hydrogen) atoms. The van der Waals surface area contributed by atoms with E-state index < -0.39 is 78.0 Å². The van der Waals surface area contributed by atoms with Crippen molar-refractivity contribution in [1.29, 1.82) is 0 Å². The molecule has 20 heteroatoms. The fraction of sp³-hybridized carbons (Fsp3) is 0.562. The third-order valence-electron chi connectivity index (χ3n) is 4.77. The fourth-order valence-electron chi connectivity index (χ4n) is 2.78. The molecule has 4 unspecified atom stereocenters. The van der Waals surface area contributed by atoms with Gasteiger partial charge in [0.25, 0.3) is 6.23 Å². The highest BCUT2D eigenvalue weighted by Gasteiger charge is 2.59. The smallest absolute Gasteiger partial charge is 0.360 e. The summed E-state index contributed by atoms with van der Waals surface area (Å²) in [6.45, 7) is -0.246. The van der Waals surface area contributed by atoms with E-state index >= 15 is 0 Å². The maximum absolute atomic E-state index is 13.0. The predicted molar refractivity (Wildman–Crippen MR) is 114 cm³/mol. The highest BCUT2D eigenvalue weighted by Crippen LogP contribution is 2.29. The molecule has 0 bridgehead atoms. The predicted octanol–water partition coefficient (Wildman–Crippen LogP) is -5.92. The largest absolute Gasteiger partial charge is 0.481 e. The second-order valence-electron chi connectivity index (χ2n) is 7.44. The minimum Gasteiger partial charge on any atom is -0.481 e. The second-order valence-corrected chi connectivity index (χ2v) is 7.44. The number of nitrogens with zero attached hydrogens (tertiary/aromatic N) is 1. The number of carbonyl (C=O) groups is 6. The van der Waals surface area contributed by atoms with E-state index in [1.165, 1.54) is 0 Å². The van der Waals surface area contributed by atoms with Crippen LogP contribution in [0.4, 0.5) is 0 Å². The van der Waals surface area contributed by atoms with Crippen molar-refractivity contribution in [3.05, 3.63) is 0 Å². The van der Waals surface area contributed by atoms with E-state index in [9.17, 15) is 44.1 Å². The SMILES string of the molecule is NOC(=O)CC(N)(NC(OC(=O)C(N)(CCCN=C(N)N)C(N)(CC(=O)O)C(=O)O)C(=O)O)C(=O)O. The van der Waals surface area contributed by atoms with Crippen molar-refractivity contribution < 1.29 is 58.8 Å². The van der Waals surface area contributed by atoms with Crippen molar-refractivity contribution in [2.45, 2.75) is 48.7 Å². The van der Waals surface area contributed by atoms with Crippen LogP contribution < -0.4 is 39.9 Å². The number of hydrogen-bond acceptors (Lipinski definition) is 14. The summed E-state index contributed by atoms with van der Waals surface area (Å²) in [5, 5.41) is 39.1. The van der Waals surface area contributed by atoms with E-state index in [0.717, 1.165) is 0 Å². The molecule has 4 atom stereocenters. The Hall–Kier alpha value is -4.11. The van der Waals surface area contributed by atoms with Gasteiger partial charge < -0.3 is 58.7 Å². The van der Waals surface area contributed by atoms with Crippen LogP contribution in [0.5, 0.6) is 0 Å². The highest BCUT2D eigenvalue weighted by molar-refractivity contribution is 5.97. The fourth-order valence-corrected chi connectivity index (χ4v) is 2.78. The molecule has 0 aliphatic carbocycles. The molecular weight excluding hydrogens is 496 g/mol. The van der Waals surface area contributed by atoms with Crippen molar-refractivity contribution in [3.8, 4) is 0 Å².